The van der Waals surface area contributed by atoms with E-state index in [1.165, 1.54) is 4.90 Å². The van der Waals surface area contributed by atoms with E-state index in [1.54, 1.807) is 43.1 Å². The molecule has 0 radical (unpaired) electrons. The number of carbonyl (C=O) groups is 5. The molecule has 2 aliphatic heterocycles. The van der Waals surface area contributed by atoms with Crippen LogP contribution in [0.2, 0.25) is 0 Å². The molecule has 1 aromatic rings. The molecule has 0 aromatic heterocycles. The number of fused-ring (bicyclic) bond motifs is 1. The van der Waals surface area contributed by atoms with E-state index in [9.17, 15) is 24.0 Å². The molecule has 0 aliphatic carbocycles. The summed E-state index contributed by atoms with van der Waals surface area (Å²) in [5.74, 6) is -1.62. The van der Waals surface area contributed by atoms with Crippen LogP contribution in [-0.2, 0) is 19.2 Å². The summed E-state index contributed by atoms with van der Waals surface area (Å²) in [5, 5.41) is 7.89. The van der Waals surface area contributed by atoms with Crippen LogP contribution in [0.4, 0.5) is 0 Å². The first-order chi connectivity index (χ1) is 16.3. The molecule has 0 spiro atoms. The van der Waals surface area contributed by atoms with Gasteiger partial charge in [0.2, 0.25) is 23.6 Å². The van der Waals surface area contributed by atoms with Crippen LogP contribution in [0, 0.1) is 0 Å². The first kappa shape index (κ1) is 25.0. The third kappa shape index (κ3) is 6.46. The highest BCUT2D eigenvalue weighted by molar-refractivity contribution is 6.01. The molecule has 1 fully saturated rings. The molecule has 5 amide bonds. The molecule has 2 heterocycles. The van der Waals surface area contributed by atoms with Gasteiger partial charge < -0.3 is 30.5 Å². The van der Waals surface area contributed by atoms with E-state index in [-0.39, 0.29) is 43.5 Å². The number of rotatable bonds is 4. The van der Waals surface area contributed by atoms with E-state index in [0.717, 1.165) is 6.42 Å². The van der Waals surface area contributed by atoms with Crippen molar-refractivity contribution in [3.8, 4) is 5.75 Å². The summed E-state index contributed by atoms with van der Waals surface area (Å²) in [5.41, 5.74) is 0.211. The number of para-hydroxylation sites is 1. The second kappa shape index (κ2) is 11.5. The smallest absolute Gasteiger partial charge is 0.255 e. The Hall–Kier alpha value is -3.63. The maximum Gasteiger partial charge on any atom is 0.255 e. The molecule has 34 heavy (non-hydrogen) atoms. The highest BCUT2D eigenvalue weighted by atomic mass is 16.5. The Morgan fingerprint density at radius 2 is 1.91 bits per heavy atom. The standard InChI is InChI=1S/C23H31N5O6/c1-15-23(33)27(2)12-13-34-18-7-4-3-6-16(18)21(31)26-17(14-19(29)25-15)22(32)24-9-11-28-10-5-8-20(28)30/h3-4,6-7,15,17H,5,8-14H2,1-2H3,(H,24,32)(H,25,29)(H,26,31)/t15-,17-/m0/s1. The normalized spacial score (nSPS) is 22.3. The van der Waals surface area contributed by atoms with Crippen LogP contribution in [0.15, 0.2) is 24.3 Å². The van der Waals surface area contributed by atoms with Crippen molar-refractivity contribution < 1.29 is 28.7 Å². The molecule has 0 saturated carbocycles. The molecule has 11 nitrogen and oxygen atoms in total. The van der Waals surface area contributed by atoms with Crippen molar-refractivity contribution >= 4 is 29.5 Å². The number of hydrogen-bond donors (Lipinski definition) is 3. The predicted molar refractivity (Wildman–Crippen MR) is 122 cm³/mol. The molecule has 2 aliphatic rings. The zero-order valence-corrected chi connectivity index (χ0v) is 19.5. The molecule has 3 rings (SSSR count). The van der Waals surface area contributed by atoms with Gasteiger partial charge in [-0.2, -0.15) is 0 Å². The summed E-state index contributed by atoms with van der Waals surface area (Å²) in [7, 11) is 1.60. The molecule has 1 saturated heterocycles. The van der Waals surface area contributed by atoms with Crippen molar-refractivity contribution in [1.82, 2.24) is 25.8 Å². The van der Waals surface area contributed by atoms with Gasteiger partial charge in [0.25, 0.3) is 5.91 Å². The minimum Gasteiger partial charge on any atom is -0.491 e. The third-order valence-electron chi connectivity index (χ3n) is 5.80. The molecular formula is C23H31N5O6. The fourth-order valence-electron chi connectivity index (χ4n) is 3.88. The zero-order valence-electron chi connectivity index (χ0n) is 19.5. The summed E-state index contributed by atoms with van der Waals surface area (Å²) < 4.78 is 5.73. The van der Waals surface area contributed by atoms with Crippen molar-refractivity contribution in [1.29, 1.82) is 0 Å². The molecular weight excluding hydrogens is 442 g/mol. The van der Waals surface area contributed by atoms with E-state index >= 15 is 0 Å². The number of ether oxygens (including phenoxy) is 1. The van der Waals surface area contributed by atoms with Gasteiger partial charge in [0.05, 0.1) is 18.5 Å². The Kier molecular flexibility index (Phi) is 8.44. The topological polar surface area (TPSA) is 137 Å². The van der Waals surface area contributed by atoms with E-state index in [2.05, 4.69) is 16.0 Å². The monoisotopic (exact) mass is 473 g/mol. The second-order valence-electron chi connectivity index (χ2n) is 8.40. The minimum absolute atomic E-state index is 0.0418. The lowest BCUT2D eigenvalue weighted by Gasteiger charge is -2.25. The van der Waals surface area contributed by atoms with E-state index < -0.39 is 29.8 Å². The summed E-state index contributed by atoms with van der Waals surface area (Å²) >= 11 is 0. The number of nitrogens with one attached hydrogen (secondary N) is 3. The number of benzene rings is 1. The van der Waals surface area contributed by atoms with Crippen molar-refractivity contribution in [2.24, 2.45) is 0 Å². The van der Waals surface area contributed by atoms with Gasteiger partial charge >= 0.3 is 0 Å². The number of likely N-dealkylation sites (tertiary alicyclic amines) is 1. The number of amides is 5. The lowest BCUT2D eigenvalue weighted by molar-refractivity contribution is -0.135. The van der Waals surface area contributed by atoms with Gasteiger partial charge in [-0.15, -0.1) is 0 Å². The molecule has 0 unspecified atom stereocenters. The Bertz CT molecular complexity index is 952. The average molecular weight is 474 g/mol. The highest BCUT2D eigenvalue weighted by Crippen LogP contribution is 2.18. The maximum atomic E-state index is 13.0. The molecule has 184 valence electrons. The van der Waals surface area contributed by atoms with Crippen LogP contribution in [-0.4, -0.2) is 91.3 Å². The summed E-state index contributed by atoms with van der Waals surface area (Å²) in [6.45, 7) is 3.16. The van der Waals surface area contributed by atoms with E-state index in [4.69, 9.17) is 4.74 Å². The Morgan fingerprint density at radius 3 is 2.65 bits per heavy atom. The zero-order chi connectivity index (χ0) is 24.7. The average Bonchev–Trinajstić information content (AvgIpc) is 3.22. The van der Waals surface area contributed by atoms with Gasteiger partial charge in [-0.05, 0) is 25.5 Å². The van der Waals surface area contributed by atoms with Gasteiger partial charge in [0.1, 0.15) is 24.4 Å². The fourth-order valence-corrected chi connectivity index (χ4v) is 3.88. The van der Waals surface area contributed by atoms with Crippen molar-refractivity contribution in [3.05, 3.63) is 29.8 Å². The lowest BCUT2D eigenvalue weighted by atomic mass is 10.1. The van der Waals surface area contributed by atoms with Gasteiger partial charge in [0.15, 0.2) is 0 Å². The first-order valence-corrected chi connectivity index (χ1v) is 11.4. The maximum absolute atomic E-state index is 13.0. The van der Waals surface area contributed by atoms with Crippen LogP contribution in [0.3, 0.4) is 0 Å². The molecule has 11 heteroatoms. The Morgan fingerprint density at radius 1 is 1.15 bits per heavy atom. The summed E-state index contributed by atoms with van der Waals surface area (Å²) in [6.07, 6.45) is 0.935. The first-order valence-electron chi connectivity index (χ1n) is 11.4. The summed E-state index contributed by atoms with van der Waals surface area (Å²) in [4.78, 5) is 65.9. The van der Waals surface area contributed by atoms with Crippen LogP contribution in [0.25, 0.3) is 0 Å². The Balaban J connectivity index is 1.76. The van der Waals surface area contributed by atoms with Gasteiger partial charge in [-0.1, -0.05) is 12.1 Å². The van der Waals surface area contributed by atoms with E-state index in [1.807, 2.05) is 0 Å². The minimum atomic E-state index is -1.18. The molecule has 0 bridgehead atoms. The number of carbonyl (C=O) groups excluding carboxylic acids is 5. The predicted octanol–water partition coefficient (Wildman–Crippen LogP) is -0.731. The largest absolute Gasteiger partial charge is 0.491 e. The quantitative estimate of drug-likeness (QED) is 0.527. The highest BCUT2D eigenvalue weighted by Gasteiger charge is 2.28. The van der Waals surface area contributed by atoms with Crippen LogP contribution < -0.4 is 20.7 Å². The number of hydrogen-bond acceptors (Lipinski definition) is 6. The third-order valence-corrected chi connectivity index (χ3v) is 5.80. The second-order valence-corrected chi connectivity index (χ2v) is 8.40. The van der Waals surface area contributed by atoms with Crippen molar-refractivity contribution in [2.75, 3.05) is 39.8 Å². The molecule has 2 atom stereocenters. The molecule has 1 aromatic carbocycles. The fraction of sp³-hybridized carbons (Fsp3) is 0.522. The van der Waals surface area contributed by atoms with Gasteiger partial charge in [0, 0.05) is 33.1 Å². The Labute approximate surface area is 198 Å². The SMILES string of the molecule is C[C@@H]1NC(=O)C[C@@H](C(=O)NCCN2CCCC2=O)NC(=O)c2ccccc2OCCN(C)C1=O. The van der Waals surface area contributed by atoms with Crippen molar-refractivity contribution in [3.63, 3.8) is 0 Å². The van der Waals surface area contributed by atoms with Gasteiger partial charge in [-0.25, -0.2) is 0 Å². The van der Waals surface area contributed by atoms with Crippen LogP contribution in [0.1, 0.15) is 36.5 Å². The lowest BCUT2D eigenvalue weighted by Crippen LogP contribution is -2.52. The molecule has 3 N–H and O–H groups in total. The van der Waals surface area contributed by atoms with Crippen LogP contribution >= 0.6 is 0 Å². The van der Waals surface area contributed by atoms with E-state index in [0.29, 0.717) is 25.3 Å². The van der Waals surface area contributed by atoms with Crippen LogP contribution in [0.5, 0.6) is 5.75 Å². The number of likely N-dealkylation sites (N-methyl/N-ethyl adjacent to an activating group) is 1. The number of nitrogens with zero attached hydrogens (tertiary/aromatic N) is 2. The van der Waals surface area contributed by atoms with Gasteiger partial charge in [-0.3, -0.25) is 24.0 Å². The summed E-state index contributed by atoms with van der Waals surface area (Å²) in [6, 6.07) is 4.56. The van der Waals surface area contributed by atoms with Crippen molar-refractivity contribution in [2.45, 2.75) is 38.3 Å².